The van der Waals surface area contributed by atoms with Gasteiger partial charge in [0.1, 0.15) is 0 Å². The van der Waals surface area contributed by atoms with Gasteiger partial charge in [-0.3, -0.25) is 4.79 Å². The van der Waals surface area contributed by atoms with Crippen molar-refractivity contribution in [1.29, 1.82) is 0 Å². The highest BCUT2D eigenvalue weighted by molar-refractivity contribution is 5.90. The third-order valence-electron chi connectivity index (χ3n) is 3.89. The van der Waals surface area contributed by atoms with Crippen LogP contribution in [0.5, 0.6) is 11.5 Å². The van der Waals surface area contributed by atoms with Crippen molar-refractivity contribution in [1.82, 2.24) is 4.90 Å². The molecule has 0 saturated heterocycles. The van der Waals surface area contributed by atoms with Gasteiger partial charge in [-0.15, -0.1) is 0 Å². The maximum atomic E-state index is 12.5. The van der Waals surface area contributed by atoms with E-state index in [4.69, 9.17) is 9.47 Å². The molecule has 0 fully saturated rings. The Hall–Kier alpha value is -3.02. The first-order valence-electron chi connectivity index (χ1n) is 8.29. The second kappa shape index (κ2) is 9.46. The first-order valence-corrected chi connectivity index (χ1v) is 8.29. The Kier molecular flexibility index (Phi) is 7.02. The molecule has 6 nitrogen and oxygen atoms in total. The van der Waals surface area contributed by atoms with E-state index in [0.29, 0.717) is 30.2 Å². The predicted molar refractivity (Wildman–Crippen MR) is 97.4 cm³/mol. The van der Waals surface area contributed by atoms with E-state index in [-0.39, 0.29) is 12.5 Å². The first-order chi connectivity index (χ1) is 12.6. The topological polar surface area (TPSA) is 65.1 Å². The number of nitrogens with zero attached hydrogens (tertiary/aromatic N) is 1. The monoisotopic (exact) mass is 357 g/mol. The molecule has 0 aliphatic rings. The van der Waals surface area contributed by atoms with Crippen molar-refractivity contribution in [3.8, 4) is 11.5 Å². The largest absolute Gasteiger partial charge is 0.493 e. The minimum Gasteiger partial charge on any atom is -0.493 e. The summed E-state index contributed by atoms with van der Waals surface area (Å²) in [7, 11) is 2.78. The van der Waals surface area contributed by atoms with Crippen LogP contribution < -0.4 is 9.47 Å². The summed E-state index contributed by atoms with van der Waals surface area (Å²) < 4.78 is 15.5. The number of rotatable bonds is 8. The average Bonchev–Trinajstić information content (AvgIpc) is 2.70. The molecule has 0 aliphatic carbocycles. The molecule has 0 bridgehead atoms. The molecule has 6 heteroatoms. The Morgan fingerprint density at radius 2 is 1.73 bits per heavy atom. The molecule has 0 unspecified atom stereocenters. The zero-order valence-corrected chi connectivity index (χ0v) is 15.2. The molecule has 0 aliphatic heterocycles. The Balaban J connectivity index is 2.02. The second-order valence-electron chi connectivity index (χ2n) is 5.54. The van der Waals surface area contributed by atoms with Crippen LogP contribution >= 0.6 is 0 Å². The first kappa shape index (κ1) is 19.3. The summed E-state index contributed by atoms with van der Waals surface area (Å²) in [4.78, 5) is 25.8. The van der Waals surface area contributed by atoms with Gasteiger partial charge in [-0.2, -0.15) is 0 Å². The van der Waals surface area contributed by atoms with Crippen molar-refractivity contribution in [2.75, 3.05) is 27.4 Å². The minimum atomic E-state index is -0.467. The van der Waals surface area contributed by atoms with E-state index in [1.807, 2.05) is 37.3 Å². The number of ether oxygens (including phenoxy) is 3. The van der Waals surface area contributed by atoms with Crippen LogP contribution in [0, 0.1) is 0 Å². The van der Waals surface area contributed by atoms with Gasteiger partial charge in [-0.1, -0.05) is 30.3 Å². The van der Waals surface area contributed by atoms with Crippen LogP contribution in [0.25, 0.3) is 0 Å². The van der Waals surface area contributed by atoms with Crippen molar-refractivity contribution in [2.45, 2.75) is 13.5 Å². The standard InChI is InChI=1S/C20H23NO5/c1-4-21(13-15-8-6-5-7-9-15)19(22)14-26-17-11-10-16(20(23)25-3)12-18(17)24-2/h5-12H,4,13-14H2,1-3H3. The van der Waals surface area contributed by atoms with Crippen LogP contribution in [0.2, 0.25) is 0 Å². The molecule has 2 aromatic carbocycles. The van der Waals surface area contributed by atoms with Crippen molar-refractivity contribution in [3.63, 3.8) is 0 Å². The molecule has 2 rings (SSSR count). The Morgan fingerprint density at radius 1 is 1.00 bits per heavy atom. The molecule has 0 saturated carbocycles. The van der Waals surface area contributed by atoms with Gasteiger partial charge in [0, 0.05) is 13.1 Å². The number of hydrogen-bond acceptors (Lipinski definition) is 5. The summed E-state index contributed by atoms with van der Waals surface area (Å²) in [5, 5.41) is 0. The SMILES string of the molecule is CCN(Cc1ccccc1)C(=O)COc1ccc(C(=O)OC)cc1OC. The van der Waals surface area contributed by atoms with Crippen molar-refractivity contribution in [3.05, 3.63) is 59.7 Å². The van der Waals surface area contributed by atoms with Gasteiger partial charge in [-0.25, -0.2) is 4.79 Å². The lowest BCUT2D eigenvalue weighted by Crippen LogP contribution is -2.34. The van der Waals surface area contributed by atoms with E-state index in [2.05, 4.69) is 4.74 Å². The zero-order valence-electron chi connectivity index (χ0n) is 15.2. The lowest BCUT2D eigenvalue weighted by Gasteiger charge is -2.21. The van der Waals surface area contributed by atoms with E-state index >= 15 is 0 Å². The zero-order chi connectivity index (χ0) is 18.9. The van der Waals surface area contributed by atoms with Crippen LogP contribution in [-0.2, 0) is 16.1 Å². The Bertz CT molecular complexity index is 745. The molecule has 0 spiro atoms. The van der Waals surface area contributed by atoms with Gasteiger partial charge < -0.3 is 19.1 Å². The molecule has 0 N–H and O–H groups in total. The summed E-state index contributed by atoms with van der Waals surface area (Å²) in [5.74, 6) is 0.164. The van der Waals surface area contributed by atoms with Gasteiger partial charge >= 0.3 is 5.97 Å². The molecule has 0 radical (unpaired) electrons. The normalized spacial score (nSPS) is 10.1. The quantitative estimate of drug-likeness (QED) is 0.680. The maximum Gasteiger partial charge on any atom is 0.337 e. The highest BCUT2D eigenvalue weighted by Crippen LogP contribution is 2.28. The van der Waals surface area contributed by atoms with E-state index < -0.39 is 5.97 Å². The molecule has 0 heterocycles. The van der Waals surface area contributed by atoms with E-state index in [9.17, 15) is 9.59 Å². The second-order valence-corrected chi connectivity index (χ2v) is 5.54. The number of carbonyl (C=O) groups excluding carboxylic acids is 2. The van der Waals surface area contributed by atoms with Crippen LogP contribution in [0.15, 0.2) is 48.5 Å². The molecule has 138 valence electrons. The third kappa shape index (κ3) is 4.99. The lowest BCUT2D eigenvalue weighted by atomic mass is 10.2. The summed E-state index contributed by atoms with van der Waals surface area (Å²) >= 11 is 0. The van der Waals surface area contributed by atoms with E-state index in [1.165, 1.54) is 20.3 Å². The predicted octanol–water partition coefficient (Wildman–Crippen LogP) is 2.91. The van der Waals surface area contributed by atoms with Gasteiger partial charge in [0.05, 0.1) is 19.8 Å². The number of amides is 1. The highest BCUT2D eigenvalue weighted by atomic mass is 16.5. The fraction of sp³-hybridized carbons (Fsp3) is 0.300. The smallest absolute Gasteiger partial charge is 0.337 e. The van der Waals surface area contributed by atoms with Crippen molar-refractivity contribution in [2.24, 2.45) is 0 Å². The number of esters is 1. The molecular formula is C20H23NO5. The van der Waals surface area contributed by atoms with Crippen molar-refractivity contribution >= 4 is 11.9 Å². The molecule has 0 aromatic heterocycles. The molecular weight excluding hydrogens is 334 g/mol. The minimum absolute atomic E-state index is 0.116. The summed E-state index contributed by atoms with van der Waals surface area (Å²) in [5.41, 5.74) is 1.41. The Labute approximate surface area is 153 Å². The van der Waals surface area contributed by atoms with Crippen LogP contribution in [0.3, 0.4) is 0 Å². The number of methoxy groups -OCH3 is 2. The molecule has 0 atom stereocenters. The highest BCUT2D eigenvalue weighted by Gasteiger charge is 2.16. The number of benzene rings is 2. The van der Waals surface area contributed by atoms with E-state index in [0.717, 1.165) is 5.56 Å². The number of likely N-dealkylation sites (N-methyl/N-ethyl adjacent to an activating group) is 1. The lowest BCUT2D eigenvalue weighted by molar-refractivity contribution is -0.133. The van der Waals surface area contributed by atoms with Crippen LogP contribution in [0.1, 0.15) is 22.8 Å². The summed E-state index contributed by atoms with van der Waals surface area (Å²) in [6.45, 7) is 2.91. The van der Waals surface area contributed by atoms with Gasteiger partial charge in [0.2, 0.25) is 0 Å². The maximum absolute atomic E-state index is 12.5. The molecule has 1 amide bonds. The van der Waals surface area contributed by atoms with Gasteiger partial charge in [0.15, 0.2) is 18.1 Å². The third-order valence-corrected chi connectivity index (χ3v) is 3.89. The molecule has 2 aromatic rings. The summed E-state index contributed by atoms with van der Waals surface area (Å²) in [6, 6.07) is 14.5. The van der Waals surface area contributed by atoms with E-state index in [1.54, 1.807) is 17.0 Å². The average molecular weight is 357 g/mol. The molecule has 26 heavy (non-hydrogen) atoms. The van der Waals surface area contributed by atoms with Crippen LogP contribution in [-0.4, -0.2) is 44.1 Å². The van der Waals surface area contributed by atoms with Gasteiger partial charge in [-0.05, 0) is 30.7 Å². The number of hydrogen-bond donors (Lipinski definition) is 0. The fourth-order valence-electron chi connectivity index (χ4n) is 2.44. The fourth-order valence-corrected chi connectivity index (χ4v) is 2.44. The van der Waals surface area contributed by atoms with Crippen molar-refractivity contribution < 1.29 is 23.8 Å². The number of carbonyl (C=O) groups is 2. The summed E-state index contributed by atoms with van der Waals surface area (Å²) in [6.07, 6.45) is 0. The van der Waals surface area contributed by atoms with Gasteiger partial charge in [0.25, 0.3) is 5.91 Å². The Morgan fingerprint density at radius 3 is 2.35 bits per heavy atom. The van der Waals surface area contributed by atoms with Crippen LogP contribution in [0.4, 0.5) is 0 Å².